The van der Waals surface area contributed by atoms with Gasteiger partial charge in [0.25, 0.3) is 11.8 Å². The predicted octanol–water partition coefficient (Wildman–Crippen LogP) is -0.771. The minimum absolute atomic E-state index is 0.0578. The largest absolute Gasteiger partial charge is 0.327 e. The quantitative estimate of drug-likeness (QED) is 0.599. The molecule has 2 aliphatic heterocycles. The zero-order chi connectivity index (χ0) is 19.9. The number of carbonyl (C=O) groups excluding carboxylic acids is 2. The number of hydrogen-bond acceptors (Lipinski definition) is 2. The maximum absolute atomic E-state index is 12.6. The minimum atomic E-state index is 0.0578. The lowest BCUT2D eigenvalue weighted by Gasteiger charge is -2.33. The predicted molar refractivity (Wildman–Crippen MR) is 111 cm³/mol. The summed E-state index contributed by atoms with van der Waals surface area (Å²) in [6.45, 7) is 10.9. The zero-order valence-corrected chi connectivity index (χ0v) is 17.4. The highest BCUT2D eigenvalue weighted by Crippen LogP contribution is 2.14. The van der Waals surface area contributed by atoms with Crippen LogP contribution < -0.4 is 15.1 Å². The molecule has 2 aliphatic rings. The monoisotopic (exact) mass is 388 g/mol. The molecule has 2 heterocycles. The topological polar surface area (TPSA) is 58.3 Å². The average molecular weight is 389 g/mol. The number of carbonyl (C=O) groups is 2. The van der Waals surface area contributed by atoms with Crippen LogP contribution in [0.1, 0.15) is 32.3 Å². The molecule has 2 atom stereocenters. The van der Waals surface area contributed by atoms with Crippen LogP contribution in [0.25, 0.3) is 0 Å². The third-order valence-corrected chi connectivity index (χ3v) is 6.17. The normalized spacial score (nSPS) is 23.4. The molecular weight excluding hydrogens is 352 g/mol. The Balaban J connectivity index is 1.41. The van der Waals surface area contributed by atoms with E-state index < -0.39 is 0 Å². The maximum Gasteiger partial charge on any atom is 0.279 e. The van der Waals surface area contributed by atoms with Gasteiger partial charge >= 0.3 is 0 Å². The van der Waals surface area contributed by atoms with Gasteiger partial charge in [-0.05, 0) is 30.9 Å². The van der Waals surface area contributed by atoms with Crippen LogP contribution in [0.15, 0.2) is 24.3 Å². The molecule has 0 bridgehead atoms. The van der Waals surface area contributed by atoms with Crippen LogP contribution in [0.5, 0.6) is 0 Å². The molecule has 0 saturated carbocycles. The molecule has 1 aromatic rings. The van der Waals surface area contributed by atoms with E-state index in [-0.39, 0.29) is 11.8 Å². The van der Waals surface area contributed by atoms with Crippen LogP contribution in [0, 0.1) is 5.92 Å². The van der Waals surface area contributed by atoms with Gasteiger partial charge in [-0.2, -0.15) is 0 Å². The van der Waals surface area contributed by atoms with Crippen molar-refractivity contribution in [1.29, 1.82) is 0 Å². The lowest BCUT2D eigenvalue weighted by molar-refractivity contribution is -0.902. The van der Waals surface area contributed by atoms with Crippen molar-refractivity contribution in [3.63, 3.8) is 0 Å². The number of hydrogen-bond donors (Lipinski definition) is 3. The first kappa shape index (κ1) is 20.8. The molecule has 1 unspecified atom stereocenters. The smallest absolute Gasteiger partial charge is 0.279 e. The van der Waals surface area contributed by atoms with Crippen molar-refractivity contribution >= 4 is 17.5 Å². The second kappa shape index (κ2) is 10.0. The van der Waals surface area contributed by atoms with Gasteiger partial charge in [0.15, 0.2) is 13.1 Å². The summed E-state index contributed by atoms with van der Waals surface area (Å²) in [5.74, 6) is 1.07. The molecule has 2 saturated heterocycles. The fourth-order valence-electron chi connectivity index (χ4n) is 4.50. The van der Waals surface area contributed by atoms with E-state index in [1.807, 2.05) is 23.1 Å². The molecular formula is C22H36N4O2+2. The number of quaternary nitrogens is 2. The second-order valence-corrected chi connectivity index (χ2v) is 8.49. The van der Waals surface area contributed by atoms with Crippen molar-refractivity contribution in [2.75, 3.05) is 57.7 Å². The highest BCUT2D eigenvalue weighted by molar-refractivity contribution is 5.92. The van der Waals surface area contributed by atoms with Gasteiger partial charge in [-0.1, -0.05) is 32.0 Å². The first-order valence-electron chi connectivity index (χ1n) is 10.9. The molecule has 3 N–H and O–H groups in total. The molecule has 1 aromatic carbocycles. The molecule has 6 heteroatoms. The molecule has 2 fully saturated rings. The van der Waals surface area contributed by atoms with Crippen molar-refractivity contribution in [3.8, 4) is 0 Å². The Hall–Kier alpha value is -1.92. The number of anilines is 1. The van der Waals surface area contributed by atoms with E-state index in [2.05, 4.69) is 25.2 Å². The number of rotatable bonds is 6. The van der Waals surface area contributed by atoms with E-state index in [9.17, 15) is 9.59 Å². The zero-order valence-electron chi connectivity index (χ0n) is 17.4. The van der Waals surface area contributed by atoms with Crippen LogP contribution in [0.4, 0.5) is 5.69 Å². The van der Waals surface area contributed by atoms with Gasteiger partial charge in [-0.25, -0.2) is 0 Å². The average Bonchev–Trinajstić information content (AvgIpc) is 2.69. The van der Waals surface area contributed by atoms with Crippen LogP contribution in [-0.4, -0.2) is 69.1 Å². The number of piperidine rings is 1. The summed E-state index contributed by atoms with van der Waals surface area (Å²) in [4.78, 5) is 29.8. The Morgan fingerprint density at radius 3 is 2.57 bits per heavy atom. The molecule has 3 rings (SSSR count). The highest BCUT2D eigenvalue weighted by Gasteiger charge is 2.29. The highest BCUT2D eigenvalue weighted by atomic mass is 16.2. The number of amides is 2. The van der Waals surface area contributed by atoms with Crippen LogP contribution in [0.2, 0.25) is 0 Å². The van der Waals surface area contributed by atoms with E-state index in [1.54, 1.807) is 0 Å². The van der Waals surface area contributed by atoms with Crippen molar-refractivity contribution in [2.45, 2.75) is 33.1 Å². The molecule has 0 radical (unpaired) electrons. The van der Waals surface area contributed by atoms with E-state index in [0.29, 0.717) is 13.1 Å². The first-order valence-corrected chi connectivity index (χ1v) is 10.9. The number of piperazine rings is 1. The fourth-order valence-corrected chi connectivity index (χ4v) is 4.50. The van der Waals surface area contributed by atoms with Crippen molar-refractivity contribution in [1.82, 2.24) is 4.90 Å². The van der Waals surface area contributed by atoms with E-state index >= 15 is 0 Å². The molecule has 0 aromatic heterocycles. The number of nitrogens with zero attached hydrogens (tertiary/aromatic N) is 1. The van der Waals surface area contributed by atoms with Crippen molar-refractivity contribution in [2.24, 2.45) is 5.92 Å². The third-order valence-electron chi connectivity index (χ3n) is 6.17. The first-order chi connectivity index (χ1) is 13.5. The van der Waals surface area contributed by atoms with Gasteiger partial charge in [0, 0.05) is 11.6 Å². The van der Waals surface area contributed by atoms with Gasteiger partial charge in [-0.3, -0.25) is 9.59 Å². The molecule has 28 heavy (non-hydrogen) atoms. The standard InChI is InChI=1S/C22H34N4O2/c1-3-19-8-4-5-9-20(19)23-21(27)16-24-11-13-26(14-12-24)22(28)17-25-10-6-7-18(2)15-25/h4-5,8-9,18H,3,6-7,10-17H2,1-2H3,(H,23,27)/p+2/t18-/m0/s1. The Morgan fingerprint density at radius 1 is 1.11 bits per heavy atom. The Morgan fingerprint density at radius 2 is 1.86 bits per heavy atom. The third kappa shape index (κ3) is 5.79. The summed E-state index contributed by atoms with van der Waals surface area (Å²) in [5, 5.41) is 3.06. The number of likely N-dealkylation sites (tertiary alicyclic amines) is 1. The van der Waals surface area contributed by atoms with Gasteiger partial charge in [0.05, 0.1) is 39.3 Å². The second-order valence-electron chi connectivity index (χ2n) is 8.49. The van der Waals surface area contributed by atoms with E-state index in [0.717, 1.165) is 62.9 Å². The van der Waals surface area contributed by atoms with Gasteiger partial charge in [0.2, 0.25) is 0 Å². The van der Waals surface area contributed by atoms with E-state index in [4.69, 9.17) is 0 Å². The van der Waals surface area contributed by atoms with Gasteiger partial charge < -0.3 is 20.0 Å². The number of nitrogens with one attached hydrogen (secondary N) is 3. The Labute approximate surface area is 168 Å². The van der Waals surface area contributed by atoms with Crippen molar-refractivity contribution in [3.05, 3.63) is 29.8 Å². The number of para-hydroxylation sites is 1. The van der Waals surface area contributed by atoms with Gasteiger partial charge in [-0.15, -0.1) is 0 Å². The summed E-state index contributed by atoms with van der Waals surface area (Å²) in [5.41, 5.74) is 2.08. The lowest BCUT2D eigenvalue weighted by Crippen LogP contribution is -3.16. The molecule has 2 amide bonds. The minimum Gasteiger partial charge on any atom is -0.327 e. The number of aryl methyl sites for hydroxylation is 1. The summed E-state index contributed by atoms with van der Waals surface area (Å²) < 4.78 is 0. The summed E-state index contributed by atoms with van der Waals surface area (Å²) >= 11 is 0. The maximum atomic E-state index is 12.6. The Kier molecular flexibility index (Phi) is 7.45. The SMILES string of the molecule is CCc1ccccc1NC(=O)C[NH+]1CCN(C(=O)C[NH+]2CCC[C@H](C)C2)CC1. The van der Waals surface area contributed by atoms with E-state index in [1.165, 1.54) is 22.6 Å². The molecule has 0 spiro atoms. The molecule has 154 valence electrons. The number of benzene rings is 1. The van der Waals surface area contributed by atoms with Crippen LogP contribution in [0.3, 0.4) is 0 Å². The Bertz CT molecular complexity index is 670. The summed E-state index contributed by atoms with van der Waals surface area (Å²) in [6, 6.07) is 7.98. The summed E-state index contributed by atoms with van der Waals surface area (Å²) in [7, 11) is 0. The van der Waals surface area contributed by atoms with Crippen LogP contribution >= 0.6 is 0 Å². The van der Waals surface area contributed by atoms with Gasteiger partial charge in [0.1, 0.15) is 0 Å². The molecule has 6 nitrogen and oxygen atoms in total. The van der Waals surface area contributed by atoms with Crippen LogP contribution in [-0.2, 0) is 16.0 Å². The summed E-state index contributed by atoms with van der Waals surface area (Å²) in [6.07, 6.45) is 3.43. The fraction of sp³-hybridized carbons (Fsp3) is 0.636. The van der Waals surface area contributed by atoms with Crippen molar-refractivity contribution < 1.29 is 19.4 Å². The molecule has 0 aliphatic carbocycles. The lowest BCUT2D eigenvalue weighted by atomic mass is 10.0.